The van der Waals surface area contributed by atoms with E-state index < -0.39 is 0 Å². The van der Waals surface area contributed by atoms with Crippen LogP contribution < -0.4 is 10.2 Å². The van der Waals surface area contributed by atoms with Crippen LogP contribution >= 0.6 is 11.6 Å². The molecule has 1 saturated heterocycles. The summed E-state index contributed by atoms with van der Waals surface area (Å²) in [4.78, 5) is 11.1. The maximum Gasteiger partial charge on any atom is 0.196 e. The van der Waals surface area contributed by atoms with Crippen LogP contribution in [0.4, 0.5) is 5.82 Å². The molecule has 0 bridgehead atoms. The molecule has 0 saturated carbocycles. The number of halogens is 1. The smallest absolute Gasteiger partial charge is 0.196 e. The molecule has 0 radical (unpaired) electrons. The van der Waals surface area contributed by atoms with Gasteiger partial charge in [-0.1, -0.05) is 11.6 Å². The first kappa shape index (κ1) is 13.8. The van der Waals surface area contributed by atoms with E-state index >= 15 is 0 Å². The van der Waals surface area contributed by atoms with Gasteiger partial charge in [0.15, 0.2) is 11.4 Å². The molecule has 1 atom stereocenters. The Bertz CT molecular complexity index is 862. The number of aromatic nitrogens is 2. The van der Waals surface area contributed by atoms with Gasteiger partial charge in [0.2, 0.25) is 0 Å². The Labute approximate surface area is 133 Å². The molecule has 1 unspecified atom stereocenters. The minimum atomic E-state index is 0.104. The van der Waals surface area contributed by atoms with Crippen LogP contribution in [0.25, 0.3) is 22.1 Å². The first-order valence-electron chi connectivity index (χ1n) is 7.36. The number of fused-ring (bicyclic) bond motifs is 3. The normalized spacial score (nSPS) is 22.0. The Morgan fingerprint density at radius 3 is 3.00 bits per heavy atom. The number of nitrogens with one attached hydrogen (secondary N) is 1. The van der Waals surface area contributed by atoms with E-state index in [4.69, 9.17) is 16.0 Å². The molecule has 2 aromatic heterocycles. The summed E-state index contributed by atoms with van der Waals surface area (Å²) in [5.41, 5.74) is 2.45. The average Bonchev–Trinajstić information content (AvgIpc) is 3.08. The minimum absolute atomic E-state index is 0.104. The third-order valence-electron chi connectivity index (χ3n) is 4.57. The molecule has 1 N–H and O–H groups in total. The fourth-order valence-corrected chi connectivity index (χ4v) is 3.28. The molecule has 1 fully saturated rings. The molecular formula is C16H17ClN4O. The number of hydrogen-bond acceptors (Lipinski definition) is 5. The Kier molecular flexibility index (Phi) is 3.03. The number of nitrogens with zero attached hydrogens (tertiary/aromatic N) is 3. The van der Waals surface area contributed by atoms with Gasteiger partial charge in [-0.25, -0.2) is 9.97 Å². The van der Waals surface area contributed by atoms with Gasteiger partial charge in [0, 0.05) is 29.0 Å². The maximum absolute atomic E-state index is 6.10. The van der Waals surface area contributed by atoms with Crippen molar-refractivity contribution in [2.24, 2.45) is 0 Å². The van der Waals surface area contributed by atoms with Crippen molar-refractivity contribution in [1.29, 1.82) is 0 Å². The zero-order chi connectivity index (χ0) is 15.3. The lowest BCUT2D eigenvalue weighted by Gasteiger charge is -2.24. The van der Waals surface area contributed by atoms with E-state index in [0.717, 1.165) is 47.4 Å². The summed E-state index contributed by atoms with van der Waals surface area (Å²) in [7, 11) is 2.00. The number of rotatable bonds is 2. The van der Waals surface area contributed by atoms with Gasteiger partial charge in [0.25, 0.3) is 0 Å². The Hall–Kier alpha value is -1.85. The van der Waals surface area contributed by atoms with Crippen molar-refractivity contribution >= 4 is 39.5 Å². The zero-order valence-corrected chi connectivity index (χ0v) is 13.3. The molecular weight excluding hydrogens is 300 g/mol. The van der Waals surface area contributed by atoms with Gasteiger partial charge < -0.3 is 14.6 Å². The Morgan fingerprint density at radius 1 is 1.36 bits per heavy atom. The number of furan rings is 1. The standard InChI is InChI=1S/C16H17ClN4O/c1-16(18-2)5-6-21(8-16)15-14-13(19-9-20-15)11-7-10(17)3-4-12(11)22-14/h3-4,7,9,18H,5-6,8H2,1-2H3. The molecule has 114 valence electrons. The molecule has 6 heteroatoms. The number of anilines is 1. The van der Waals surface area contributed by atoms with Crippen molar-refractivity contribution in [3.63, 3.8) is 0 Å². The summed E-state index contributed by atoms with van der Waals surface area (Å²) in [6.07, 6.45) is 2.67. The monoisotopic (exact) mass is 316 g/mol. The lowest BCUT2D eigenvalue weighted by atomic mass is 10.0. The maximum atomic E-state index is 6.10. The lowest BCUT2D eigenvalue weighted by molar-refractivity contribution is 0.428. The van der Waals surface area contributed by atoms with Gasteiger partial charge in [-0.05, 0) is 38.6 Å². The first-order valence-corrected chi connectivity index (χ1v) is 7.74. The van der Waals surface area contributed by atoms with E-state index in [1.54, 1.807) is 6.33 Å². The fourth-order valence-electron chi connectivity index (χ4n) is 3.11. The number of likely N-dealkylation sites (N-methyl/N-ethyl adjacent to an activating group) is 1. The molecule has 3 aromatic rings. The van der Waals surface area contributed by atoms with E-state index in [2.05, 4.69) is 27.1 Å². The molecule has 0 aliphatic carbocycles. The lowest BCUT2D eigenvalue weighted by Crippen LogP contribution is -2.42. The summed E-state index contributed by atoms with van der Waals surface area (Å²) in [6.45, 7) is 4.07. The third kappa shape index (κ3) is 2.04. The van der Waals surface area contributed by atoms with Crippen LogP contribution in [0.15, 0.2) is 28.9 Å². The minimum Gasteiger partial charge on any atom is -0.450 e. The number of benzene rings is 1. The summed E-state index contributed by atoms with van der Waals surface area (Å²) in [5.74, 6) is 0.858. The highest BCUT2D eigenvalue weighted by atomic mass is 35.5. The molecule has 1 aromatic carbocycles. The molecule has 4 rings (SSSR count). The molecule has 0 spiro atoms. The molecule has 22 heavy (non-hydrogen) atoms. The van der Waals surface area contributed by atoms with Gasteiger partial charge in [-0.15, -0.1) is 0 Å². The number of hydrogen-bond donors (Lipinski definition) is 1. The second kappa shape index (κ2) is 4.83. The van der Waals surface area contributed by atoms with Crippen molar-refractivity contribution in [2.75, 3.05) is 25.0 Å². The SMILES string of the molecule is CNC1(C)CCN(c2ncnc3c2oc2ccc(Cl)cc23)C1. The van der Waals surface area contributed by atoms with E-state index in [-0.39, 0.29) is 5.54 Å². The predicted octanol–water partition coefficient (Wildman–Crippen LogP) is 3.22. The Morgan fingerprint density at radius 2 is 2.23 bits per heavy atom. The van der Waals surface area contributed by atoms with Crippen molar-refractivity contribution < 1.29 is 4.42 Å². The van der Waals surface area contributed by atoms with Gasteiger partial charge in [-0.2, -0.15) is 0 Å². The highest BCUT2D eigenvalue weighted by molar-refractivity contribution is 6.31. The van der Waals surface area contributed by atoms with Crippen LogP contribution in [0.2, 0.25) is 5.02 Å². The molecule has 1 aliphatic rings. The Balaban J connectivity index is 1.87. The van der Waals surface area contributed by atoms with E-state index in [0.29, 0.717) is 5.02 Å². The van der Waals surface area contributed by atoms with Gasteiger partial charge in [0.1, 0.15) is 17.4 Å². The predicted molar refractivity (Wildman–Crippen MR) is 88.6 cm³/mol. The first-order chi connectivity index (χ1) is 10.6. The summed E-state index contributed by atoms with van der Waals surface area (Å²) in [6, 6.07) is 5.60. The second-order valence-electron chi connectivity index (χ2n) is 6.10. The zero-order valence-electron chi connectivity index (χ0n) is 12.6. The summed E-state index contributed by atoms with van der Waals surface area (Å²) < 4.78 is 6.01. The van der Waals surface area contributed by atoms with E-state index in [9.17, 15) is 0 Å². The van der Waals surface area contributed by atoms with Gasteiger partial charge in [0.05, 0.1) is 0 Å². The van der Waals surface area contributed by atoms with Crippen LogP contribution in [-0.4, -0.2) is 35.6 Å². The van der Waals surface area contributed by atoms with Crippen molar-refractivity contribution in [3.05, 3.63) is 29.5 Å². The van der Waals surface area contributed by atoms with Crippen LogP contribution in [0.3, 0.4) is 0 Å². The summed E-state index contributed by atoms with van der Waals surface area (Å²) >= 11 is 6.10. The molecule has 1 aliphatic heterocycles. The van der Waals surface area contributed by atoms with Crippen LogP contribution in [0, 0.1) is 0 Å². The van der Waals surface area contributed by atoms with Crippen molar-refractivity contribution in [2.45, 2.75) is 18.9 Å². The van der Waals surface area contributed by atoms with Crippen LogP contribution in [0.5, 0.6) is 0 Å². The quantitative estimate of drug-likeness (QED) is 0.786. The van der Waals surface area contributed by atoms with E-state index in [1.807, 2.05) is 25.2 Å². The van der Waals surface area contributed by atoms with Crippen LogP contribution in [0.1, 0.15) is 13.3 Å². The average molecular weight is 317 g/mol. The summed E-state index contributed by atoms with van der Waals surface area (Å²) in [5, 5.41) is 5.00. The topological polar surface area (TPSA) is 54.2 Å². The van der Waals surface area contributed by atoms with Crippen LogP contribution in [-0.2, 0) is 0 Å². The fraction of sp³-hybridized carbons (Fsp3) is 0.375. The van der Waals surface area contributed by atoms with Gasteiger partial charge in [-0.3, -0.25) is 0 Å². The van der Waals surface area contributed by atoms with E-state index in [1.165, 1.54) is 0 Å². The molecule has 0 amide bonds. The van der Waals surface area contributed by atoms with Crippen molar-refractivity contribution in [1.82, 2.24) is 15.3 Å². The third-order valence-corrected chi connectivity index (χ3v) is 4.81. The molecule has 5 nitrogen and oxygen atoms in total. The second-order valence-corrected chi connectivity index (χ2v) is 6.54. The van der Waals surface area contributed by atoms with Crippen molar-refractivity contribution in [3.8, 4) is 0 Å². The highest BCUT2D eigenvalue weighted by Gasteiger charge is 2.34. The van der Waals surface area contributed by atoms with Gasteiger partial charge >= 0.3 is 0 Å². The largest absolute Gasteiger partial charge is 0.450 e. The highest BCUT2D eigenvalue weighted by Crippen LogP contribution is 2.35. The molecule has 3 heterocycles.